The molecule has 0 atom stereocenters. The molecule has 0 unspecified atom stereocenters. The van der Waals surface area contributed by atoms with Crippen LogP contribution in [0.4, 0.5) is 4.39 Å². The molecule has 1 aliphatic heterocycles. The predicted molar refractivity (Wildman–Crippen MR) is 76.0 cm³/mol. The van der Waals surface area contributed by atoms with E-state index in [2.05, 4.69) is 10.2 Å². The number of benzene rings is 1. The van der Waals surface area contributed by atoms with E-state index in [1.54, 1.807) is 12.1 Å². The second-order valence-corrected chi connectivity index (χ2v) is 4.95. The monoisotopic (exact) mass is 292 g/mol. The number of hydrogen-bond donors (Lipinski definition) is 1. The van der Waals surface area contributed by atoms with E-state index in [0.29, 0.717) is 23.2 Å². The second kappa shape index (κ2) is 7.29. The van der Waals surface area contributed by atoms with Crippen molar-refractivity contribution < 1.29 is 4.39 Å². The summed E-state index contributed by atoms with van der Waals surface area (Å²) in [6, 6.07) is 5.47. The van der Waals surface area contributed by atoms with E-state index in [4.69, 9.17) is 11.6 Å². The van der Waals surface area contributed by atoms with E-state index in [1.807, 2.05) is 7.05 Å². The fourth-order valence-corrected chi connectivity index (χ4v) is 2.51. The molecule has 1 aromatic rings. The van der Waals surface area contributed by atoms with Crippen LogP contribution < -0.4 is 5.32 Å². The van der Waals surface area contributed by atoms with Gasteiger partial charge in [-0.05, 0) is 45.1 Å². The molecule has 1 N–H and O–H groups in total. The summed E-state index contributed by atoms with van der Waals surface area (Å²) in [4.78, 5) is 2.26. The van der Waals surface area contributed by atoms with Crippen LogP contribution in [0.3, 0.4) is 0 Å². The first-order valence-electron chi connectivity index (χ1n) is 6.03. The first-order valence-corrected chi connectivity index (χ1v) is 6.41. The maximum absolute atomic E-state index is 13.6. The van der Waals surface area contributed by atoms with Gasteiger partial charge in [-0.3, -0.25) is 4.90 Å². The van der Waals surface area contributed by atoms with E-state index >= 15 is 0 Å². The smallest absolute Gasteiger partial charge is 0.129 e. The zero-order valence-corrected chi connectivity index (χ0v) is 12.0. The SMILES string of the molecule is CNC1CCN(Cc2c(F)cccc2Cl)CC1.Cl. The fraction of sp³-hybridized carbons (Fsp3) is 0.538. The summed E-state index contributed by atoms with van der Waals surface area (Å²) in [7, 11) is 1.99. The van der Waals surface area contributed by atoms with Crippen molar-refractivity contribution >= 4 is 24.0 Å². The van der Waals surface area contributed by atoms with Crippen molar-refractivity contribution in [3.63, 3.8) is 0 Å². The summed E-state index contributed by atoms with van der Waals surface area (Å²) in [5, 5.41) is 3.81. The van der Waals surface area contributed by atoms with Gasteiger partial charge in [-0.2, -0.15) is 0 Å². The van der Waals surface area contributed by atoms with Crippen LogP contribution >= 0.6 is 24.0 Å². The first kappa shape index (κ1) is 15.7. The van der Waals surface area contributed by atoms with Gasteiger partial charge in [0.15, 0.2) is 0 Å². The molecule has 1 aromatic carbocycles. The van der Waals surface area contributed by atoms with Crippen LogP contribution in [0.25, 0.3) is 0 Å². The summed E-state index contributed by atoms with van der Waals surface area (Å²) in [5.41, 5.74) is 0.622. The maximum atomic E-state index is 13.6. The van der Waals surface area contributed by atoms with Gasteiger partial charge >= 0.3 is 0 Å². The minimum Gasteiger partial charge on any atom is -0.317 e. The zero-order valence-electron chi connectivity index (χ0n) is 10.5. The maximum Gasteiger partial charge on any atom is 0.129 e. The van der Waals surface area contributed by atoms with Crippen molar-refractivity contribution in [2.75, 3.05) is 20.1 Å². The summed E-state index contributed by atoms with van der Waals surface area (Å²) in [6.45, 7) is 2.61. The third-order valence-electron chi connectivity index (χ3n) is 3.44. The van der Waals surface area contributed by atoms with Crippen molar-refractivity contribution in [1.29, 1.82) is 0 Å². The number of rotatable bonds is 3. The van der Waals surface area contributed by atoms with Gasteiger partial charge in [0, 0.05) is 23.2 Å². The molecule has 2 rings (SSSR count). The molecule has 1 fully saturated rings. The minimum atomic E-state index is -0.201. The summed E-state index contributed by atoms with van der Waals surface area (Å²) >= 11 is 6.03. The Morgan fingerprint density at radius 3 is 2.61 bits per heavy atom. The molecular formula is C13H19Cl2FN2. The normalized spacial score (nSPS) is 17.5. The van der Waals surface area contributed by atoms with Crippen LogP contribution in [0.1, 0.15) is 18.4 Å². The predicted octanol–water partition coefficient (Wildman–Crippen LogP) is 3.08. The van der Waals surface area contributed by atoms with Crippen LogP contribution in [-0.2, 0) is 6.54 Å². The van der Waals surface area contributed by atoms with E-state index in [0.717, 1.165) is 25.9 Å². The molecule has 0 aliphatic carbocycles. The van der Waals surface area contributed by atoms with Gasteiger partial charge in [0.25, 0.3) is 0 Å². The lowest BCUT2D eigenvalue weighted by Gasteiger charge is -2.31. The Kier molecular flexibility index (Phi) is 6.36. The van der Waals surface area contributed by atoms with E-state index in [1.165, 1.54) is 6.07 Å². The summed E-state index contributed by atoms with van der Waals surface area (Å²) in [6.07, 6.45) is 2.23. The second-order valence-electron chi connectivity index (χ2n) is 4.54. The molecule has 0 aromatic heterocycles. The van der Waals surface area contributed by atoms with Crippen LogP contribution in [-0.4, -0.2) is 31.1 Å². The van der Waals surface area contributed by atoms with E-state index in [9.17, 15) is 4.39 Å². The van der Waals surface area contributed by atoms with Gasteiger partial charge in [-0.1, -0.05) is 17.7 Å². The van der Waals surface area contributed by atoms with Crippen molar-refractivity contribution in [3.05, 3.63) is 34.6 Å². The van der Waals surface area contributed by atoms with Crippen LogP contribution in [0.15, 0.2) is 18.2 Å². The fourth-order valence-electron chi connectivity index (χ4n) is 2.29. The standard InChI is InChI=1S/C13H18ClFN2.ClH/c1-16-10-5-7-17(8-6-10)9-11-12(14)3-2-4-13(11)15;/h2-4,10,16H,5-9H2,1H3;1H. The van der Waals surface area contributed by atoms with Crippen molar-refractivity contribution in [2.24, 2.45) is 0 Å². The molecule has 0 saturated carbocycles. The number of likely N-dealkylation sites (tertiary alicyclic amines) is 1. The molecule has 1 heterocycles. The van der Waals surface area contributed by atoms with Gasteiger partial charge in [-0.15, -0.1) is 12.4 Å². The Balaban J connectivity index is 0.00000162. The first-order chi connectivity index (χ1) is 8.20. The molecule has 0 radical (unpaired) electrons. The van der Waals surface area contributed by atoms with Gasteiger partial charge in [0.05, 0.1) is 0 Å². The number of nitrogens with one attached hydrogen (secondary N) is 1. The molecule has 1 aliphatic rings. The van der Waals surface area contributed by atoms with Crippen LogP contribution in [0, 0.1) is 5.82 Å². The van der Waals surface area contributed by atoms with Gasteiger partial charge < -0.3 is 5.32 Å². The molecule has 0 bridgehead atoms. The molecule has 1 saturated heterocycles. The average Bonchev–Trinajstić information content (AvgIpc) is 2.35. The Bertz CT molecular complexity index is 359. The van der Waals surface area contributed by atoms with Crippen molar-refractivity contribution in [1.82, 2.24) is 10.2 Å². The lowest BCUT2D eigenvalue weighted by molar-refractivity contribution is 0.192. The van der Waals surface area contributed by atoms with Gasteiger partial charge in [-0.25, -0.2) is 4.39 Å². The van der Waals surface area contributed by atoms with Crippen molar-refractivity contribution in [3.8, 4) is 0 Å². The summed E-state index contributed by atoms with van der Waals surface area (Å²) in [5.74, 6) is -0.201. The highest BCUT2D eigenvalue weighted by Crippen LogP contribution is 2.22. The molecule has 0 amide bonds. The lowest BCUT2D eigenvalue weighted by atomic mass is 10.0. The number of hydrogen-bond acceptors (Lipinski definition) is 2. The van der Waals surface area contributed by atoms with Gasteiger partial charge in [0.1, 0.15) is 5.82 Å². The highest BCUT2D eigenvalue weighted by molar-refractivity contribution is 6.31. The summed E-state index contributed by atoms with van der Waals surface area (Å²) < 4.78 is 13.6. The number of piperidine rings is 1. The quantitative estimate of drug-likeness (QED) is 0.921. The highest BCUT2D eigenvalue weighted by atomic mass is 35.5. The third-order valence-corrected chi connectivity index (χ3v) is 3.79. The molecule has 2 nitrogen and oxygen atoms in total. The Morgan fingerprint density at radius 2 is 2.06 bits per heavy atom. The third kappa shape index (κ3) is 3.82. The van der Waals surface area contributed by atoms with Gasteiger partial charge in [0.2, 0.25) is 0 Å². The minimum absolute atomic E-state index is 0. The Labute approximate surface area is 119 Å². The Hall–Kier alpha value is -0.350. The Morgan fingerprint density at radius 1 is 1.39 bits per heavy atom. The molecule has 5 heteroatoms. The number of halogens is 3. The van der Waals surface area contributed by atoms with Crippen LogP contribution in [0.5, 0.6) is 0 Å². The van der Waals surface area contributed by atoms with E-state index < -0.39 is 0 Å². The largest absolute Gasteiger partial charge is 0.317 e. The molecule has 0 spiro atoms. The zero-order chi connectivity index (χ0) is 12.3. The molecule has 18 heavy (non-hydrogen) atoms. The highest BCUT2D eigenvalue weighted by Gasteiger charge is 2.19. The van der Waals surface area contributed by atoms with E-state index in [-0.39, 0.29) is 18.2 Å². The molecule has 102 valence electrons. The topological polar surface area (TPSA) is 15.3 Å². The van der Waals surface area contributed by atoms with Crippen molar-refractivity contribution in [2.45, 2.75) is 25.4 Å². The average molecular weight is 293 g/mol. The van der Waals surface area contributed by atoms with Crippen LogP contribution in [0.2, 0.25) is 5.02 Å². The lowest BCUT2D eigenvalue weighted by Crippen LogP contribution is -2.40. The molecular weight excluding hydrogens is 274 g/mol. The number of nitrogens with zero attached hydrogens (tertiary/aromatic N) is 1.